The summed E-state index contributed by atoms with van der Waals surface area (Å²) in [6.45, 7) is 0. The van der Waals surface area contributed by atoms with Crippen LogP contribution in [0.25, 0.3) is 0 Å². The zero-order valence-electron chi connectivity index (χ0n) is 6.49. The molecular formula is C8H2Cl2F3N. The third kappa shape index (κ3) is 1.94. The number of halogens is 5. The van der Waals surface area contributed by atoms with Gasteiger partial charge in [0, 0.05) is 0 Å². The molecular weight excluding hydrogens is 238 g/mol. The van der Waals surface area contributed by atoms with Gasteiger partial charge in [-0.3, -0.25) is 0 Å². The van der Waals surface area contributed by atoms with Crippen LogP contribution in [-0.2, 0) is 6.18 Å². The fraction of sp³-hybridized carbons (Fsp3) is 0.125. The van der Waals surface area contributed by atoms with Gasteiger partial charge in [0.05, 0.1) is 21.2 Å². The molecule has 0 radical (unpaired) electrons. The molecule has 0 aliphatic carbocycles. The van der Waals surface area contributed by atoms with Crippen molar-refractivity contribution in [2.45, 2.75) is 6.18 Å². The molecule has 0 unspecified atom stereocenters. The fourth-order valence-electron chi connectivity index (χ4n) is 0.874. The second-order valence-corrected chi connectivity index (χ2v) is 3.18. The SMILES string of the molecule is N#Cc1c(Cl)ccc(C(F)(F)F)c1Cl. The van der Waals surface area contributed by atoms with E-state index in [9.17, 15) is 13.2 Å². The van der Waals surface area contributed by atoms with Gasteiger partial charge in [-0.1, -0.05) is 23.2 Å². The molecule has 0 heterocycles. The minimum atomic E-state index is -4.58. The Morgan fingerprint density at radius 1 is 1.21 bits per heavy atom. The van der Waals surface area contributed by atoms with Crippen molar-refractivity contribution < 1.29 is 13.2 Å². The summed E-state index contributed by atoms with van der Waals surface area (Å²) < 4.78 is 36.8. The van der Waals surface area contributed by atoms with Gasteiger partial charge in [0.15, 0.2) is 0 Å². The molecule has 14 heavy (non-hydrogen) atoms. The van der Waals surface area contributed by atoms with Crippen LogP contribution in [-0.4, -0.2) is 0 Å². The van der Waals surface area contributed by atoms with Crippen LogP contribution in [0.3, 0.4) is 0 Å². The van der Waals surface area contributed by atoms with Crippen molar-refractivity contribution in [2.75, 3.05) is 0 Å². The van der Waals surface area contributed by atoms with E-state index >= 15 is 0 Å². The lowest BCUT2D eigenvalue weighted by atomic mass is 10.1. The number of hydrogen-bond donors (Lipinski definition) is 0. The predicted molar refractivity (Wildman–Crippen MR) is 46.2 cm³/mol. The molecule has 1 rings (SSSR count). The topological polar surface area (TPSA) is 23.8 Å². The van der Waals surface area contributed by atoms with Crippen LogP contribution in [0.2, 0.25) is 10.0 Å². The van der Waals surface area contributed by atoms with E-state index in [1.165, 1.54) is 6.07 Å². The molecule has 74 valence electrons. The van der Waals surface area contributed by atoms with Gasteiger partial charge < -0.3 is 0 Å². The predicted octanol–water partition coefficient (Wildman–Crippen LogP) is 3.88. The largest absolute Gasteiger partial charge is 0.417 e. The first-order valence-corrected chi connectivity index (χ1v) is 4.09. The highest BCUT2D eigenvalue weighted by atomic mass is 35.5. The first kappa shape index (κ1) is 11.2. The molecule has 0 N–H and O–H groups in total. The van der Waals surface area contributed by atoms with E-state index in [-0.39, 0.29) is 10.6 Å². The van der Waals surface area contributed by atoms with Crippen LogP contribution >= 0.6 is 23.2 Å². The average Bonchev–Trinajstić information content (AvgIpc) is 2.02. The minimum absolute atomic E-state index is 0.0921. The van der Waals surface area contributed by atoms with E-state index in [0.29, 0.717) is 0 Å². The Labute approximate surface area is 87.7 Å². The molecule has 0 aromatic heterocycles. The summed E-state index contributed by atoms with van der Waals surface area (Å²) in [5, 5.41) is 7.75. The monoisotopic (exact) mass is 239 g/mol. The lowest BCUT2D eigenvalue weighted by molar-refractivity contribution is -0.137. The van der Waals surface area contributed by atoms with Crippen LogP contribution in [0.5, 0.6) is 0 Å². The maximum absolute atomic E-state index is 12.3. The normalized spacial score (nSPS) is 11.1. The molecule has 1 nitrogen and oxygen atoms in total. The third-order valence-electron chi connectivity index (χ3n) is 1.51. The number of rotatable bonds is 0. The van der Waals surface area contributed by atoms with Crippen molar-refractivity contribution >= 4 is 23.2 Å². The van der Waals surface area contributed by atoms with E-state index in [2.05, 4.69) is 0 Å². The summed E-state index contributed by atoms with van der Waals surface area (Å²) >= 11 is 10.8. The van der Waals surface area contributed by atoms with Crippen LogP contribution < -0.4 is 0 Å². The van der Waals surface area contributed by atoms with Crippen molar-refractivity contribution in [3.63, 3.8) is 0 Å². The van der Waals surface area contributed by atoms with E-state index in [1.807, 2.05) is 0 Å². The molecule has 1 aromatic rings. The number of nitrogens with zero attached hydrogens (tertiary/aromatic N) is 1. The summed E-state index contributed by atoms with van der Waals surface area (Å²) in [4.78, 5) is 0. The Kier molecular flexibility index (Phi) is 2.93. The molecule has 0 saturated heterocycles. The maximum Gasteiger partial charge on any atom is 0.417 e. The Morgan fingerprint density at radius 2 is 1.79 bits per heavy atom. The lowest BCUT2D eigenvalue weighted by Gasteiger charge is -2.09. The molecule has 0 atom stereocenters. The number of benzene rings is 1. The second-order valence-electron chi connectivity index (χ2n) is 2.39. The Balaban J connectivity index is 3.46. The average molecular weight is 240 g/mol. The number of nitriles is 1. The van der Waals surface area contributed by atoms with Crippen molar-refractivity contribution in [1.29, 1.82) is 5.26 Å². The van der Waals surface area contributed by atoms with Crippen molar-refractivity contribution in [2.24, 2.45) is 0 Å². The van der Waals surface area contributed by atoms with Gasteiger partial charge in [-0.2, -0.15) is 18.4 Å². The fourth-order valence-corrected chi connectivity index (χ4v) is 1.44. The Bertz CT molecular complexity index is 406. The second kappa shape index (κ2) is 3.68. The molecule has 0 aliphatic rings. The van der Waals surface area contributed by atoms with Gasteiger partial charge in [0.1, 0.15) is 6.07 Å². The molecule has 0 fully saturated rings. The maximum atomic E-state index is 12.3. The van der Waals surface area contributed by atoms with Crippen LogP contribution in [0.15, 0.2) is 12.1 Å². The van der Waals surface area contributed by atoms with Crippen molar-refractivity contribution in [3.8, 4) is 6.07 Å². The summed E-state index contributed by atoms with van der Waals surface area (Å²) in [6.07, 6.45) is -4.58. The van der Waals surface area contributed by atoms with Crippen LogP contribution in [0.4, 0.5) is 13.2 Å². The zero-order chi connectivity index (χ0) is 10.9. The quantitative estimate of drug-likeness (QED) is 0.674. The summed E-state index contributed by atoms with van der Waals surface area (Å²) in [6, 6.07) is 3.25. The van der Waals surface area contributed by atoms with E-state index in [0.717, 1.165) is 12.1 Å². The summed E-state index contributed by atoms with van der Waals surface area (Å²) in [5.74, 6) is 0. The molecule has 0 aliphatic heterocycles. The number of alkyl halides is 3. The van der Waals surface area contributed by atoms with E-state index in [1.54, 1.807) is 0 Å². The minimum Gasteiger partial charge on any atom is -0.192 e. The highest BCUT2D eigenvalue weighted by Gasteiger charge is 2.34. The van der Waals surface area contributed by atoms with Crippen molar-refractivity contribution in [1.82, 2.24) is 0 Å². The Hall–Kier alpha value is -0.920. The standard InChI is InChI=1S/C8H2Cl2F3N/c9-6-2-1-5(8(11,12)13)7(10)4(6)3-14/h1-2H. The Morgan fingerprint density at radius 3 is 2.21 bits per heavy atom. The van der Waals surface area contributed by atoms with Gasteiger partial charge in [0.2, 0.25) is 0 Å². The van der Waals surface area contributed by atoms with Gasteiger partial charge in [-0.15, -0.1) is 0 Å². The number of hydrogen-bond acceptors (Lipinski definition) is 1. The van der Waals surface area contributed by atoms with Gasteiger partial charge in [-0.25, -0.2) is 0 Å². The summed E-state index contributed by atoms with van der Waals surface area (Å²) in [5.41, 5.74) is -1.41. The van der Waals surface area contributed by atoms with Crippen LogP contribution in [0.1, 0.15) is 11.1 Å². The third-order valence-corrected chi connectivity index (χ3v) is 2.22. The molecule has 0 amide bonds. The molecule has 0 bridgehead atoms. The molecule has 6 heteroatoms. The first-order valence-electron chi connectivity index (χ1n) is 3.33. The summed E-state index contributed by atoms with van der Waals surface area (Å²) in [7, 11) is 0. The smallest absolute Gasteiger partial charge is 0.192 e. The lowest BCUT2D eigenvalue weighted by Crippen LogP contribution is -2.06. The highest BCUT2D eigenvalue weighted by molar-refractivity contribution is 6.37. The van der Waals surface area contributed by atoms with Crippen LogP contribution in [0, 0.1) is 11.3 Å². The van der Waals surface area contributed by atoms with Gasteiger partial charge >= 0.3 is 6.18 Å². The first-order chi connectivity index (χ1) is 6.38. The highest BCUT2D eigenvalue weighted by Crippen LogP contribution is 2.38. The molecule has 0 saturated carbocycles. The molecule has 1 aromatic carbocycles. The van der Waals surface area contributed by atoms with E-state index in [4.69, 9.17) is 28.5 Å². The van der Waals surface area contributed by atoms with Crippen molar-refractivity contribution in [3.05, 3.63) is 33.3 Å². The van der Waals surface area contributed by atoms with Gasteiger partial charge in [0.25, 0.3) is 0 Å². The zero-order valence-corrected chi connectivity index (χ0v) is 8.00. The van der Waals surface area contributed by atoms with Gasteiger partial charge in [-0.05, 0) is 12.1 Å². The molecule has 0 spiro atoms. The van der Waals surface area contributed by atoms with E-state index < -0.39 is 16.8 Å².